The Morgan fingerprint density at radius 1 is 0.617 bits per heavy atom. The standard InChI is InChI=1S/C50H71N5O5/c1-4-6-8-10-12-14-16-18-20-25-33-51-49(57)40-30-31-43-41(36-40)37-44(50(58)52-34-26-21-19-17-15-13-11-9-7-5-2)48(56)47(43)54-53-45-35-39(29-32-46(45)59-3)38-60-55-42-27-23-22-24-28-42/h22-24,27-32,35-37,55-56H,4-21,25-26,33-34,38H2,1-3H3,(H,51,57)(H,52,58). The van der Waals surface area contributed by atoms with Gasteiger partial charge in [-0.3, -0.25) is 19.9 Å². The molecule has 0 radical (unpaired) electrons. The third-order valence-electron chi connectivity index (χ3n) is 10.9. The Balaban J connectivity index is 1.45. The van der Waals surface area contributed by atoms with Crippen molar-refractivity contribution in [3.8, 4) is 11.5 Å². The Morgan fingerprint density at radius 3 is 1.77 bits per heavy atom. The topological polar surface area (TPSA) is 134 Å². The predicted molar refractivity (Wildman–Crippen MR) is 246 cm³/mol. The average molecular weight is 822 g/mol. The summed E-state index contributed by atoms with van der Waals surface area (Å²) < 4.78 is 5.59. The molecular formula is C50H71N5O5. The molecule has 4 aromatic rings. The number of carbonyl (C=O) groups is 2. The highest BCUT2D eigenvalue weighted by Crippen LogP contribution is 2.41. The summed E-state index contributed by atoms with van der Waals surface area (Å²) in [4.78, 5) is 32.6. The highest BCUT2D eigenvalue weighted by atomic mass is 16.6. The van der Waals surface area contributed by atoms with Crippen LogP contribution in [-0.2, 0) is 11.4 Å². The molecule has 0 aromatic heterocycles. The molecule has 2 amide bonds. The van der Waals surface area contributed by atoms with E-state index in [1.807, 2.05) is 36.4 Å². The zero-order valence-corrected chi connectivity index (χ0v) is 36.7. The smallest absolute Gasteiger partial charge is 0.255 e. The minimum absolute atomic E-state index is 0.0764. The van der Waals surface area contributed by atoms with E-state index in [9.17, 15) is 14.7 Å². The van der Waals surface area contributed by atoms with Gasteiger partial charge >= 0.3 is 0 Å². The van der Waals surface area contributed by atoms with E-state index < -0.39 is 5.91 Å². The maximum atomic E-state index is 13.6. The summed E-state index contributed by atoms with van der Waals surface area (Å²) in [6.45, 7) is 5.83. The number of azo groups is 1. The van der Waals surface area contributed by atoms with Gasteiger partial charge in [0.1, 0.15) is 17.1 Å². The van der Waals surface area contributed by atoms with Crippen LogP contribution in [0.5, 0.6) is 11.5 Å². The largest absolute Gasteiger partial charge is 0.505 e. The third-order valence-corrected chi connectivity index (χ3v) is 10.9. The van der Waals surface area contributed by atoms with Crippen molar-refractivity contribution in [2.75, 3.05) is 25.7 Å². The molecule has 326 valence electrons. The van der Waals surface area contributed by atoms with E-state index in [1.54, 1.807) is 43.5 Å². The first-order valence-electron chi connectivity index (χ1n) is 22.8. The van der Waals surface area contributed by atoms with E-state index >= 15 is 0 Å². The van der Waals surface area contributed by atoms with Crippen molar-refractivity contribution in [2.45, 2.75) is 149 Å². The SMILES string of the molecule is CCCCCCCCCCCCNC(=O)c1ccc2c(N=Nc3cc(CONc4ccccc4)ccc3OC)c(O)c(C(=O)NCCCCCCCCCCCC)cc2c1. The van der Waals surface area contributed by atoms with Crippen molar-refractivity contribution in [1.29, 1.82) is 0 Å². The number of amides is 2. The predicted octanol–water partition coefficient (Wildman–Crippen LogP) is 13.8. The van der Waals surface area contributed by atoms with Crippen molar-refractivity contribution in [1.82, 2.24) is 10.6 Å². The maximum absolute atomic E-state index is 13.6. The first-order chi connectivity index (χ1) is 29.4. The zero-order chi connectivity index (χ0) is 42.6. The number of ether oxygens (including phenoxy) is 1. The molecule has 0 unspecified atom stereocenters. The third kappa shape index (κ3) is 17.0. The van der Waals surface area contributed by atoms with Crippen LogP contribution in [0.2, 0.25) is 0 Å². The van der Waals surface area contributed by atoms with Crippen LogP contribution in [0, 0.1) is 0 Å². The van der Waals surface area contributed by atoms with Crippen LogP contribution in [0.4, 0.5) is 17.1 Å². The van der Waals surface area contributed by atoms with Crippen LogP contribution in [0.25, 0.3) is 10.8 Å². The van der Waals surface area contributed by atoms with Crippen LogP contribution in [0.15, 0.2) is 83.0 Å². The number of para-hydroxylation sites is 1. The summed E-state index contributed by atoms with van der Waals surface area (Å²) in [5.41, 5.74) is 5.68. The average Bonchev–Trinajstić information content (AvgIpc) is 3.27. The molecule has 0 spiro atoms. The summed E-state index contributed by atoms with van der Waals surface area (Å²) in [5, 5.41) is 27.9. The van der Waals surface area contributed by atoms with E-state index in [1.165, 1.54) is 96.3 Å². The number of aromatic hydroxyl groups is 1. The molecule has 0 saturated carbocycles. The Morgan fingerprint density at radius 2 is 1.18 bits per heavy atom. The molecule has 4 N–H and O–H groups in total. The lowest BCUT2D eigenvalue weighted by Gasteiger charge is -2.13. The summed E-state index contributed by atoms with van der Waals surface area (Å²) in [6.07, 6.45) is 24.3. The second-order valence-electron chi connectivity index (χ2n) is 15.9. The van der Waals surface area contributed by atoms with Crippen LogP contribution in [0.1, 0.15) is 169 Å². The minimum atomic E-state index is -0.403. The number of phenolic OH excluding ortho intramolecular Hbond substituents is 1. The molecule has 4 aromatic carbocycles. The second-order valence-corrected chi connectivity index (χ2v) is 15.9. The van der Waals surface area contributed by atoms with Gasteiger partial charge in [0.05, 0.1) is 25.0 Å². The number of carbonyl (C=O) groups excluding carboxylic acids is 2. The van der Waals surface area contributed by atoms with Crippen molar-refractivity contribution in [2.24, 2.45) is 10.2 Å². The van der Waals surface area contributed by atoms with Crippen molar-refractivity contribution < 1.29 is 24.3 Å². The highest BCUT2D eigenvalue weighted by Gasteiger charge is 2.20. The molecule has 0 aliphatic carbocycles. The molecule has 60 heavy (non-hydrogen) atoms. The van der Waals surface area contributed by atoms with E-state index in [2.05, 4.69) is 40.2 Å². The minimum Gasteiger partial charge on any atom is -0.505 e. The van der Waals surface area contributed by atoms with Gasteiger partial charge < -0.3 is 20.5 Å². The Bertz CT molecular complexity index is 1880. The molecule has 10 nitrogen and oxygen atoms in total. The van der Waals surface area contributed by atoms with Crippen LogP contribution in [0.3, 0.4) is 0 Å². The van der Waals surface area contributed by atoms with Gasteiger partial charge in [-0.1, -0.05) is 160 Å². The van der Waals surface area contributed by atoms with Crippen LogP contribution in [-0.4, -0.2) is 37.1 Å². The van der Waals surface area contributed by atoms with Gasteiger partial charge in [-0.05, 0) is 66.3 Å². The molecular weight excluding hydrogens is 751 g/mol. The Hall–Kier alpha value is -4.96. The Labute approximate surface area is 359 Å². The normalized spacial score (nSPS) is 11.3. The number of phenols is 1. The fourth-order valence-corrected chi connectivity index (χ4v) is 7.33. The van der Waals surface area contributed by atoms with Gasteiger partial charge in [-0.2, -0.15) is 0 Å². The number of hydrogen-bond donors (Lipinski definition) is 4. The molecule has 4 rings (SSSR count). The first-order valence-corrected chi connectivity index (χ1v) is 22.8. The van der Waals surface area contributed by atoms with Gasteiger partial charge in [0.2, 0.25) is 0 Å². The molecule has 0 atom stereocenters. The van der Waals surface area contributed by atoms with E-state index in [4.69, 9.17) is 9.57 Å². The summed E-state index contributed by atoms with van der Waals surface area (Å²) >= 11 is 0. The molecule has 0 bridgehead atoms. The fourth-order valence-electron chi connectivity index (χ4n) is 7.33. The summed E-state index contributed by atoms with van der Waals surface area (Å²) in [5.74, 6) is -0.383. The number of unbranched alkanes of at least 4 members (excludes halogenated alkanes) is 18. The lowest BCUT2D eigenvalue weighted by Crippen LogP contribution is -2.25. The fraction of sp³-hybridized carbons (Fsp3) is 0.520. The van der Waals surface area contributed by atoms with Crippen LogP contribution >= 0.6 is 0 Å². The lowest BCUT2D eigenvalue weighted by molar-refractivity contribution is 0.0943. The van der Waals surface area contributed by atoms with E-state index in [0.717, 1.165) is 43.4 Å². The van der Waals surface area contributed by atoms with Gasteiger partial charge in [0.15, 0.2) is 5.75 Å². The molecule has 0 fully saturated rings. The zero-order valence-electron chi connectivity index (χ0n) is 36.7. The number of fused-ring (bicyclic) bond motifs is 1. The molecule has 0 saturated heterocycles. The monoisotopic (exact) mass is 822 g/mol. The summed E-state index contributed by atoms with van der Waals surface area (Å²) in [6, 6.07) is 21.9. The quantitative estimate of drug-likeness (QED) is 0.0227. The van der Waals surface area contributed by atoms with Crippen molar-refractivity contribution in [3.05, 3.63) is 89.5 Å². The highest BCUT2D eigenvalue weighted by molar-refractivity contribution is 6.08. The maximum Gasteiger partial charge on any atom is 0.255 e. The van der Waals surface area contributed by atoms with Gasteiger partial charge in [0, 0.05) is 24.0 Å². The van der Waals surface area contributed by atoms with Crippen molar-refractivity contribution in [3.63, 3.8) is 0 Å². The lowest BCUT2D eigenvalue weighted by atomic mass is 10.0. The number of benzene rings is 4. The molecule has 0 aliphatic heterocycles. The molecule has 10 heteroatoms. The first kappa shape index (κ1) is 47.7. The van der Waals surface area contributed by atoms with Crippen LogP contribution < -0.4 is 20.9 Å². The number of hydrogen-bond acceptors (Lipinski definition) is 8. The van der Waals surface area contributed by atoms with Crippen molar-refractivity contribution >= 4 is 39.6 Å². The number of methoxy groups -OCH3 is 1. The summed E-state index contributed by atoms with van der Waals surface area (Å²) in [7, 11) is 1.55. The van der Waals surface area contributed by atoms with Gasteiger partial charge in [-0.25, -0.2) is 0 Å². The number of nitrogens with one attached hydrogen (secondary N) is 3. The van der Waals surface area contributed by atoms with E-state index in [-0.39, 0.29) is 29.5 Å². The van der Waals surface area contributed by atoms with E-state index in [0.29, 0.717) is 40.9 Å². The Kier molecular flexibility index (Phi) is 22.7. The van der Waals surface area contributed by atoms with Gasteiger partial charge in [-0.15, -0.1) is 10.2 Å². The number of anilines is 1. The molecule has 0 aliphatic rings. The number of rotatable bonds is 31. The molecule has 0 heterocycles. The number of nitrogens with zero attached hydrogens (tertiary/aromatic N) is 2. The van der Waals surface area contributed by atoms with Gasteiger partial charge in [0.25, 0.3) is 11.8 Å². The second kappa shape index (κ2) is 28.5.